The predicted octanol–water partition coefficient (Wildman–Crippen LogP) is 4.51. The summed E-state index contributed by atoms with van der Waals surface area (Å²) in [6.45, 7) is -6.23. The first kappa shape index (κ1) is 18.6. The molecule has 3 rings (SSSR count). The first-order valence-corrected chi connectivity index (χ1v) is 7.58. The van der Waals surface area contributed by atoms with Gasteiger partial charge in [0, 0.05) is 17.2 Å². The zero-order valence-electron chi connectivity index (χ0n) is 13.5. The van der Waals surface area contributed by atoms with Crippen molar-refractivity contribution >= 4 is 11.9 Å². The van der Waals surface area contributed by atoms with Crippen LogP contribution in [-0.2, 0) is 0 Å². The number of carbonyl (C=O) groups excluding carboxylic acids is 1. The third-order valence-corrected chi connectivity index (χ3v) is 3.50. The molecule has 0 atom stereocenters. The third kappa shape index (κ3) is 4.69. The number of ketones is 1. The van der Waals surface area contributed by atoms with Crippen molar-refractivity contribution in [2.24, 2.45) is 0 Å². The highest BCUT2D eigenvalue weighted by Gasteiger charge is 2.16. The van der Waals surface area contributed by atoms with E-state index >= 15 is 0 Å². The highest BCUT2D eigenvalue weighted by molar-refractivity contribution is 6.07. The van der Waals surface area contributed by atoms with Crippen molar-refractivity contribution < 1.29 is 41.3 Å². The Labute approximate surface area is 150 Å². The Morgan fingerprint density at radius 2 is 1.70 bits per heavy atom. The van der Waals surface area contributed by atoms with Gasteiger partial charge >= 0.3 is 13.2 Å². The lowest BCUT2D eigenvalue weighted by atomic mass is 10.1. The van der Waals surface area contributed by atoms with E-state index in [1.54, 1.807) is 6.07 Å². The highest BCUT2D eigenvalue weighted by atomic mass is 19.3. The van der Waals surface area contributed by atoms with Crippen LogP contribution < -0.4 is 18.9 Å². The van der Waals surface area contributed by atoms with Gasteiger partial charge in [-0.1, -0.05) is 0 Å². The van der Waals surface area contributed by atoms with Crippen molar-refractivity contribution in [3.63, 3.8) is 0 Å². The van der Waals surface area contributed by atoms with Crippen molar-refractivity contribution in [1.29, 1.82) is 0 Å². The fraction of sp³-hybridized carbons (Fsp3) is 0.167. The van der Waals surface area contributed by atoms with Crippen LogP contribution in [0.5, 0.6) is 23.0 Å². The van der Waals surface area contributed by atoms with Gasteiger partial charge < -0.3 is 18.9 Å². The van der Waals surface area contributed by atoms with Crippen molar-refractivity contribution in [1.82, 2.24) is 0 Å². The molecule has 142 valence electrons. The minimum Gasteiger partial charge on any atom is -0.454 e. The normalized spacial score (nSPS) is 12.8. The van der Waals surface area contributed by atoms with Gasteiger partial charge in [-0.15, -0.1) is 0 Å². The molecule has 1 aliphatic heterocycles. The van der Waals surface area contributed by atoms with E-state index in [2.05, 4.69) is 9.47 Å². The summed E-state index contributed by atoms with van der Waals surface area (Å²) >= 11 is 0. The molecule has 2 aromatic rings. The van der Waals surface area contributed by atoms with Crippen LogP contribution in [0.15, 0.2) is 42.5 Å². The number of hydrogen-bond donors (Lipinski definition) is 0. The maximum Gasteiger partial charge on any atom is 0.387 e. The molecule has 0 N–H and O–H groups in total. The summed E-state index contributed by atoms with van der Waals surface area (Å²) in [6.07, 6.45) is 2.37. The topological polar surface area (TPSA) is 54.0 Å². The summed E-state index contributed by atoms with van der Waals surface area (Å²) < 4.78 is 68.4. The van der Waals surface area contributed by atoms with Gasteiger partial charge in [-0.25, -0.2) is 0 Å². The van der Waals surface area contributed by atoms with E-state index < -0.39 is 24.8 Å². The Hall–Kier alpha value is -3.23. The Bertz CT molecular complexity index is 867. The van der Waals surface area contributed by atoms with E-state index in [0.717, 1.165) is 18.2 Å². The molecule has 1 heterocycles. The fourth-order valence-corrected chi connectivity index (χ4v) is 2.34. The van der Waals surface area contributed by atoms with Crippen LogP contribution in [-0.4, -0.2) is 25.8 Å². The second kappa shape index (κ2) is 7.98. The SMILES string of the molecule is O=C(/C=C/c1ccc(OC(F)F)cc1OC(F)F)c1ccc2c(c1)OCO2. The van der Waals surface area contributed by atoms with Gasteiger partial charge in [0.2, 0.25) is 6.79 Å². The molecule has 0 saturated carbocycles. The minimum absolute atomic E-state index is 0.0597. The molecule has 0 radical (unpaired) electrons. The minimum atomic E-state index is -3.18. The third-order valence-electron chi connectivity index (χ3n) is 3.50. The second-order valence-electron chi connectivity index (χ2n) is 5.22. The fourth-order valence-electron chi connectivity index (χ4n) is 2.34. The summed E-state index contributed by atoms with van der Waals surface area (Å²) in [5.74, 6) is -0.246. The summed E-state index contributed by atoms with van der Waals surface area (Å²) in [6, 6.07) is 7.85. The maximum atomic E-state index is 12.6. The summed E-state index contributed by atoms with van der Waals surface area (Å²) in [7, 11) is 0. The van der Waals surface area contributed by atoms with Crippen molar-refractivity contribution in [3.05, 3.63) is 53.6 Å². The van der Waals surface area contributed by atoms with Crippen molar-refractivity contribution in [3.8, 4) is 23.0 Å². The Kier molecular flexibility index (Phi) is 5.49. The lowest BCUT2D eigenvalue weighted by molar-refractivity contribution is -0.0543. The van der Waals surface area contributed by atoms with E-state index in [1.807, 2.05) is 0 Å². The van der Waals surface area contributed by atoms with E-state index in [1.165, 1.54) is 24.3 Å². The van der Waals surface area contributed by atoms with Gasteiger partial charge in [-0.05, 0) is 42.5 Å². The predicted molar refractivity (Wildman–Crippen MR) is 85.6 cm³/mol. The molecule has 9 heteroatoms. The zero-order valence-corrected chi connectivity index (χ0v) is 13.5. The van der Waals surface area contributed by atoms with Crippen LogP contribution in [0.2, 0.25) is 0 Å². The van der Waals surface area contributed by atoms with E-state index in [-0.39, 0.29) is 18.1 Å². The molecular formula is C18H12F4O5. The number of alkyl halides is 4. The standard InChI is InChI=1S/C18H12F4O5/c19-17(20)26-12-4-1-10(15(8-12)27-18(21)22)2-5-13(23)11-3-6-14-16(7-11)25-9-24-14/h1-8,17-18H,9H2/b5-2+. The monoisotopic (exact) mass is 384 g/mol. The van der Waals surface area contributed by atoms with Crippen molar-refractivity contribution in [2.45, 2.75) is 13.2 Å². The van der Waals surface area contributed by atoms with Crippen LogP contribution in [0.4, 0.5) is 17.6 Å². The van der Waals surface area contributed by atoms with Crippen molar-refractivity contribution in [2.75, 3.05) is 6.79 Å². The molecular weight excluding hydrogens is 372 g/mol. The maximum absolute atomic E-state index is 12.6. The summed E-state index contributed by atoms with van der Waals surface area (Å²) in [5, 5.41) is 0. The number of benzene rings is 2. The first-order valence-electron chi connectivity index (χ1n) is 7.58. The van der Waals surface area contributed by atoms with Crippen LogP contribution in [0.1, 0.15) is 15.9 Å². The number of fused-ring (bicyclic) bond motifs is 1. The number of hydrogen-bond acceptors (Lipinski definition) is 5. The van der Waals surface area contributed by atoms with Gasteiger partial charge in [-0.3, -0.25) is 4.79 Å². The molecule has 0 spiro atoms. The molecule has 0 aliphatic carbocycles. The number of rotatable bonds is 7. The van der Waals surface area contributed by atoms with Gasteiger partial charge in [0.05, 0.1) is 0 Å². The average molecular weight is 384 g/mol. The highest BCUT2D eigenvalue weighted by Crippen LogP contribution is 2.33. The molecule has 0 fully saturated rings. The Morgan fingerprint density at radius 1 is 0.963 bits per heavy atom. The van der Waals surface area contributed by atoms with E-state index in [4.69, 9.17) is 9.47 Å². The summed E-state index contributed by atoms with van der Waals surface area (Å²) in [5.41, 5.74) is 0.385. The van der Waals surface area contributed by atoms with Gasteiger partial charge in [0.15, 0.2) is 17.3 Å². The Morgan fingerprint density at radius 3 is 2.44 bits per heavy atom. The van der Waals surface area contributed by atoms with Gasteiger partial charge in [0.25, 0.3) is 0 Å². The zero-order chi connectivity index (χ0) is 19.4. The lowest BCUT2D eigenvalue weighted by Crippen LogP contribution is -2.06. The number of ether oxygens (including phenoxy) is 4. The molecule has 0 aromatic heterocycles. The van der Waals surface area contributed by atoms with Crippen LogP contribution >= 0.6 is 0 Å². The molecule has 0 bridgehead atoms. The van der Waals surface area contributed by atoms with Crippen LogP contribution in [0.3, 0.4) is 0 Å². The molecule has 27 heavy (non-hydrogen) atoms. The molecule has 5 nitrogen and oxygen atoms in total. The average Bonchev–Trinajstić information content (AvgIpc) is 3.07. The van der Waals surface area contributed by atoms with Crippen LogP contribution in [0, 0.1) is 0 Å². The first-order chi connectivity index (χ1) is 12.9. The largest absolute Gasteiger partial charge is 0.454 e. The molecule has 0 saturated heterocycles. The molecule has 1 aliphatic rings. The second-order valence-corrected chi connectivity index (χ2v) is 5.22. The van der Waals surface area contributed by atoms with Gasteiger partial charge in [0.1, 0.15) is 11.5 Å². The van der Waals surface area contributed by atoms with E-state index in [9.17, 15) is 22.4 Å². The number of allylic oxidation sites excluding steroid dienone is 1. The smallest absolute Gasteiger partial charge is 0.387 e. The quantitative estimate of drug-likeness (QED) is 0.399. The van der Waals surface area contributed by atoms with Crippen LogP contribution in [0.25, 0.3) is 6.08 Å². The lowest BCUT2D eigenvalue weighted by Gasteiger charge is -2.11. The number of halogens is 4. The molecule has 0 unspecified atom stereocenters. The summed E-state index contributed by atoms with van der Waals surface area (Å²) in [4.78, 5) is 12.3. The van der Waals surface area contributed by atoms with Gasteiger partial charge in [-0.2, -0.15) is 17.6 Å². The number of carbonyl (C=O) groups is 1. The van der Waals surface area contributed by atoms with E-state index in [0.29, 0.717) is 17.1 Å². The molecule has 0 amide bonds. The molecule has 2 aromatic carbocycles. The Balaban J connectivity index is 1.81.